The van der Waals surface area contributed by atoms with Crippen LogP contribution in [-0.4, -0.2) is 46.3 Å². The lowest BCUT2D eigenvalue weighted by atomic mass is 10.0. The van der Waals surface area contributed by atoms with E-state index in [1.807, 2.05) is 60.7 Å². The molecule has 180 valence electrons. The number of nitrogens with zero attached hydrogens (tertiary/aromatic N) is 3. The third-order valence-electron chi connectivity index (χ3n) is 5.74. The smallest absolute Gasteiger partial charge is 0.251 e. The number of aliphatic hydroxyl groups is 1. The van der Waals surface area contributed by atoms with Crippen molar-refractivity contribution in [2.45, 2.75) is 25.8 Å². The van der Waals surface area contributed by atoms with E-state index < -0.39 is 0 Å². The minimum absolute atomic E-state index is 0.0666. The van der Waals surface area contributed by atoms with Gasteiger partial charge in [-0.1, -0.05) is 42.5 Å². The molecule has 4 rings (SSSR count). The highest BCUT2D eigenvalue weighted by Crippen LogP contribution is 2.30. The molecule has 0 aliphatic carbocycles. The summed E-state index contributed by atoms with van der Waals surface area (Å²) in [5.74, 6) is 0.640. The number of hydrogen-bond donors (Lipinski definition) is 2. The summed E-state index contributed by atoms with van der Waals surface area (Å²) in [6, 6.07) is 25.3. The molecule has 0 fully saturated rings. The van der Waals surface area contributed by atoms with E-state index in [-0.39, 0.29) is 19.1 Å². The predicted octanol–water partition coefficient (Wildman–Crippen LogP) is 4.37. The zero-order valence-corrected chi connectivity index (χ0v) is 19.9. The molecule has 4 aromatic rings. The third-order valence-corrected chi connectivity index (χ3v) is 5.74. The van der Waals surface area contributed by atoms with Crippen LogP contribution in [0.3, 0.4) is 0 Å². The number of carbonyl (C=O) groups is 1. The zero-order valence-electron chi connectivity index (χ0n) is 19.9. The molecular weight excluding hydrogens is 440 g/mol. The second kappa shape index (κ2) is 11.9. The lowest BCUT2D eigenvalue weighted by Gasteiger charge is -2.07. The fraction of sp³-hybridized carbons (Fsp3) is 0.250. The number of aromatic nitrogens is 3. The largest absolute Gasteiger partial charge is 0.497 e. The quantitative estimate of drug-likeness (QED) is 0.318. The highest BCUT2D eigenvalue weighted by molar-refractivity contribution is 5.95. The first kappa shape index (κ1) is 24.2. The van der Waals surface area contributed by atoms with Crippen molar-refractivity contribution in [3.63, 3.8) is 0 Å². The Morgan fingerprint density at radius 3 is 2.37 bits per heavy atom. The van der Waals surface area contributed by atoms with Gasteiger partial charge in [0.15, 0.2) is 0 Å². The SMILES string of the molecule is COc1ccc(-c2nn(CCO)nc2-c2cccc(C(=O)NCCCCc3ccccc3)c2)cc1. The van der Waals surface area contributed by atoms with Crippen LogP contribution >= 0.6 is 0 Å². The molecule has 0 aliphatic rings. The van der Waals surface area contributed by atoms with Crippen molar-refractivity contribution in [1.29, 1.82) is 0 Å². The first-order valence-corrected chi connectivity index (χ1v) is 11.8. The van der Waals surface area contributed by atoms with Gasteiger partial charge in [-0.3, -0.25) is 4.79 Å². The first-order valence-electron chi connectivity index (χ1n) is 11.8. The van der Waals surface area contributed by atoms with Gasteiger partial charge in [-0.05, 0) is 61.2 Å². The number of nitrogens with one attached hydrogen (secondary N) is 1. The molecule has 0 saturated heterocycles. The van der Waals surface area contributed by atoms with Crippen molar-refractivity contribution in [2.24, 2.45) is 0 Å². The molecule has 7 heteroatoms. The van der Waals surface area contributed by atoms with Crippen molar-refractivity contribution in [1.82, 2.24) is 20.3 Å². The summed E-state index contributed by atoms with van der Waals surface area (Å²) in [5, 5.41) is 21.5. The van der Waals surface area contributed by atoms with Gasteiger partial charge in [-0.25, -0.2) is 0 Å². The van der Waals surface area contributed by atoms with Crippen molar-refractivity contribution in [3.05, 3.63) is 90.0 Å². The summed E-state index contributed by atoms with van der Waals surface area (Å²) < 4.78 is 5.26. The van der Waals surface area contributed by atoms with E-state index >= 15 is 0 Å². The second-order valence-electron chi connectivity index (χ2n) is 8.22. The van der Waals surface area contributed by atoms with E-state index in [4.69, 9.17) is 4.74 Å². The minimum atomic E-state index is -0.111. The van der Waals surface area contributed by atoms with Gasteiger partial charge >= 0.3 is 0 Å². The molecule has 0 unspecified atom stereocenters. The van der Waals surface area contributed by atoms with Gasteiger partial charge in [-0.15, -0.1) is 0 Å². The highest BCUT2D eigenvalue weighted by Gasteiger charge is 2.17. The van der Waals surface area contributed by atoms with Crippen molar-refractivity contribution >= 4 is 5.91 Å². The lowest BCUT2D eigenvalue weighted by Crippen LogP contribution is -2.24. The molecule has 2 N–H and O–H groups in total. The molecule has 1 amide bonds. The Balaban J connectivity index is 1.46. The Morgan fingerprint density at radius 2 is 1.66 bits per heavy atom. The molecule has 0 aliphatic heterocycles. The van der Waals surface area contributed by atoms with Crippen molar-refractivity contribution in [2.75, 3.05) is 20.3 Å². The summed E-state index contributed by atoms with van der Waals surface area (Å²) >= 11 is 0. The molecular formula is C28H30N4O3. The Bertz CT molecular complexity index is 1240. The van der Waals surface area contributed by atoms with E-state index in [1.165, 1.54) is 10.4 Å². The molecule has 0 bridgehead atoms. The van der Waals surface area contributed by atoms with Crippen LogP contribution < -0.4 is 10.1 Å². The number of ether oxygens (including phenoxy) is 1. The van der Waals surface area contributed by atoms with Crippen molar-refractivity contribution < 1.29 is 14.6 Å². The van der Waals surface area contributed by atoms with E-state index in [1.54, 1.807) is 13.2 Å². The summed E-state index contributed by atoms with van der Waals surface area (Å²) in [4.78, 5) is 14.3. The Kier molecular flexibility index (Phi) is 8.25. The normalized spacial score (nSPS) is 10.8. The average molecular weight is 471 g/mol. The molecule has 1 heterocycles. The molecule has 35 heavy (non-hydrogen) atoms. The van der Waals surface area contributed by atoms with Crippen LogP contribution in [0.15, 0.2) is 78.9 Å². The monoisotopic (exact) mass is 470 g/mol. The number of methoxy groups -OCH3 is 1. The van der Waals surface area contributed by atoms with E-state index in [2.05, 4.69) is 27.6 Å². The zero-order chi connectivity index (χ0) is 24.5. The maximum absolute atomic E-state index is 12.8. The van der Waals surface area contributed by atoms with Crippen LogP contribution in [0.2, 0.25) is 0 Å². The maximum atomic E-state index is 12.8. The Morgan fingerprint density at radius 1 is 0.914 bits per heavy atom. The van der Waals surface area contributed by atoms with Gasteiger partial charge in [0.25, 0.3) is 5.91 Å². The number of aryl methyl sites for hydroxylation is 1. The van der Waals surface area contributed by atoms with Crippen LogP contribution in [0.1, 0.15) is 28.8 Å². The van der Waals surface area contributed by atoms with Gasteiger partial charge in [0.05, 0.1) is 20.3 Å². The fourth-order valence-corrected chi connectivity index (χ4v) is 3.89. The molecule has 0 spiro atoms. The van der Waals surface area contributed by atoms with Gasteiger partial charge in [0.2, 0.25) is 0 Å². The van der Waals surface area contributed by atoms with Gasteiger partial charge in [0.1, 0.15) is 17.1 Å². The molecule has 7 nitrogen and oxygen atoms in total. The maximum Gasteiger partial charge on any atom is 0.251 e. The van der Waals surface area contributed by atoms with Crippen LogP contribution in [0.4, 0.5) is 0 Å². The van der Waals surface area contributed by atoms with Crippen LogP contribution in [0, 0.1) is 0 Å². The third kappa shape index (κ3) is 6.33. The number of amides is 1. The van der Waals surface area contributed by atoms with Crippen LogP contribution in [0.5, 0.6) is 5.75 Å². The van der Waals surface area contributed by atoms with Gasteiger partial charge < -0.3 is 15.2 Å². The number of carbonyl (C=O) groups excluding carboxylic acids is 1. The molecule has 3 aromatic carbocycles. The number of rotatable bonds is 11. The standard InChI is InChI=1S/C28H30N4O3/c1-35-25-15-13-22(14-16-25)26-27(31-32(30-26)18-19-33)23-11-7-12-24(20-23)28(34)29-17-6-5-10-21-8-3-2-4-9-21/h2-4,7-9,11-16,20,33H,5-6,10,17-19H2,1H3,(H,29,34). The minimum Gasteiger partial charge on any atom is -0.497 e. The number of benzene rings is 3. The van der Waals surface area contributed by atoms with E-state index in [0.29, 0.717) is 23.5 Å². The molecule has 1 aromatic heterocycles. The topological polar surface area (TPSA) is 89.3 Å². The summed E-state index contributed by atoms with van der Waals surface area (Å²) in [5.41, 5.74) is 4.88. The summed E-state index contributed by atoms with van der Waals surface area (Å²) in [6.07, 6.45) is 2.94. The Hall–Kier alpha value is -3.97. The van der Waals surface area contributed by atoms with Gasteiger partial charge in [-0.2, -0.15) is 15.0 Å². The highest BCUT2D eigenvalue weighted by atomic mass is 16.5. The van der Waals surface area contributed by atoms with Crippen LogP contribution in [0.25, 0.3) is 22.5 Å². The first-order chi connectivity index (χ1) is 17.2. The lowest BCUT2D eigenvalue weighted by molar-refractivity contribution is 0.0953. The summed E-state index contributed by atoms with van der Waals surface area (Å²) in [6.45, 7) is 0.842. The van der Waals surface area contributed by atoms with Crippen LogP contribution in [-0.2, 0) is 13.0 Å². The number of hydrogen-bond acceptors (Lipinski definition) is 5. The molecule has 0 radical (unpaired) electrons. The second-order valence-corrected chi connectivity index (χ2v) is 8.22. The van der Waals surface area contributed by atoms with E-state index in [0.717, 1.165) is 36.1 Å². The molecule has 0 saturated carbocycles. The average Bonchev–Trinajstić information content (AvgIpc) is 3.33. The number of aliphatic hydroxyl groups excluding tert-OH is 1. The predicted molar refractivity (Wildman–Crippen MR) is 136 cm³/mol. The van der Waals surface area contributed by atoms with Crippen molar-refractivity contribution in [3.8, 4) is 28.3 Å². The Labute approximate surface area is 205 Å². The number of unbranched alkanes of at least 4 members (excludes halogenated alkanes) is 1. The van der Waals surface area contributed by atoms with Gasteiger partial charge in [0, 0.05) is 23.2 Å². The fourth-order valence-electron chi connectivity index (χ4n) is 3.89. The summed E-state index contributed by atoms with van der Waals surface area (Å²) in [7, 11) is 1.62. The van der Waals surface area contributed by atoms with E-state index in [9.17, 15) is 9.90 Å². The molecule has 0 atom stereocenters.